The van der Waals surface area contributed by atoms with Crippen LogP contribution in [0.3, 0.4) is 0 Å². The Morgan fingerprint density at radius 3 is 1.43 bits per heavy atom. The van der Waals surface area contributed by atoms with Gasteiger partial charge in [-0.3, -0.25) is 4.79 Å². The number of Topliss-reactive ketones (excluding diaryl/α,β-unsaturated/α-hetero) is 1. The Hall–Kier alpha value is -0.750. The monoisotopic (exact) mass is 624 g/mol. The molecule has 5 nitrogen and oxygen atoms in total. The maximum Gasteiger partial charge on any atom is 0.146 e. The highest BCUT2D eigenvalue weighted by Crippen LogP contribution is 2.16. The molecule has 0 aromatic carbocycles. The van der Waals surface area contributed by atoms with Crippen LogP contribution in [0.1, 0.15) is 200 Å². The zero-order valence-corrected chi connectivity index (χ0v) is 29.6. The molecule has 0 saturated carbocycles. The van der Waals surface area contributed by atoms with Crippen LogP contribution < -0.4 is 5.32 Å². The number of hydrogen-bond donors (Lipinski definition) is 4. The number of aliphatic hydroxyl groups is 3. The Bertz CT molecular complexity index is 611. The number of allylic oxidation sites excluding steroid dienone is 2. The molecule has 0 fully saturated rings. The summed E-state index contributed by atoms with van der Waals surface area (Å²) in [4.78, 5) is 12.4. The summed E-state index contributed by atoms with van der Waals surface area (Å²) >= 11 is 0. The summed E-state index contributed by atoms with van der Waals surface area (Å²) < 4.78 is 0. The first kappa shape index (κ1) is 43.2. The fourth-order valence-corrected chi connectivity index (χ4v) is 6.07. The van der Waals surface area contributed by atoms with Crippen molar-refractivity contribution in [1.82, 2.24) is 5.32 Å². The number of ketones is 1. The molecule has 0 aromatic rings. The minimum Gasteiger partial charge on any atom is -0.396 e. The van der Waals surface area contributed by atoms with Gasteiger partial charge in [-0.25, -0.2) is 0 Å². The van der Waals surface area contributed by atoms with Crippen molar-refractivity contribution >= 4 is 5.78 Å². The molecule has 0 spiro atoms. The van der Waals surface area contributed by atoms with Crippen molar-refractivity contribution in [2.45, 2.75) is 218 Å². The van der Waals surface area contributed by atoms with Crippen molar-refractivity contribution in [3.63, 3.8) is 0 Å². The highest BCUT2D eigenvalue weighted by molar-refractivity contribution is 5.80. The number of hydrogen-bond acceptors (Lipinski definition) is 5. The van der Waals surface area contributed by atoms with Gasteiger partial charge in [0.25, 0.3) is 0 Å². The SMILES string of the molecule is CCCCCCC/C=C/CCCCCCCCCCC(=O)CNC(CCO)C(O)C(O)CCCCCCCCCCCCC. The third kappa shape index (κ3) is 29.9. The first-order valence-electron chi connectivity index (χ1n) is 19.4. The van der Waals surface area contributed by atoms with Crippen molar-refractivity contribution in [2.24, 2.45) is 0 Å². The molecule has 3 atom stereocenters. The summed E-state index contributed by atoms with van der Waals surface area (Å²) in [6, 6.07) is -0.460. The van der Waals surface area contributed by atoms with E-state index in [1.165, 1.54) is 141 Å². The maximum absolute atomic E-state index is 12.4. The Labute approximate surface area is 274 Å². The van der Waals surface area contributed by atoms with E-state index in [9.17, 15) is 20.1 Å². The molecule has 0 saturated heterocycles. The van der Waals surface area contributed by atoms with Gasteiger partial charge in [0.2, 0.25) is 0 Å². The Kier molecular flexibility index (Phi) is 34.5. The van der Waals surface area contributed by atoms with Gasteiger partial charge in [0.05, 0.1) is 18.8 Å². The molecule has 0 aliphatic heterocycles. The second kappa shape index (κ2) is 35.1. The van der Waals surface area contributed by atoms with E-state index in [1.54, 1.807) is 0 Å². The lowest BCUT2D eigenvalue weighted by Crippen LogP contribution is -2.48. The van der Waals surface area contributed by atoms with Crippen LogP contribution in [0, 0.1) is 0 Å². The summed E-state index contributed by atoms with van der Waals surface area (Å²) in [5.41, 5.74) is 0. The van der Waals surface area contributed by atoms with E-state index in [0.29, 0.717) is 19.3 Å². The molecule has 44 heavy (non-hydrogen) atoms. The third-order valence-electron chi connectivity index (χ3n) is 9.13. The van der Waals surface area contributed by atoms with Crippen LogP contribution in [0.4, 0.5) is 0 Å². The average Bonchev–Trinajstić information content (AvgIpc) is 3.02. The number of carbonyl (C=O) groups excluding carboxylic acids is 1. The second-order valence-corrected chi connectivity index (χ2v) is 13.5. The standard InChI is InChI=1S/C39H77NO4/c1-3-5-7-9-11-13-15-16-17-18-19-20-22-23-25-27-29-31-36(42)35-40-37(33-34-41)39(44)38(43)32-30-28-26-24-21-14-12-10-8-6-4-2/h15-16,37-41,43-44H,3-14,17-35H2,1-2H3/b16-15+. The highest BCUT2D eigenvalue weighted by Gasteiger charge is 2.25. The van der Waals surface area contributed by atoms with Crippen LogP contribution in [-0.2, 0) is 4.79 Å². The Morgan fingerprint density at radius 1 is 0.568 bits per heavy atom. The fraction of sp³-hybridized carbons (Fsp3) is 0.923. The van der Waals surface area contributed by atoms with Crippen LogP contribution in [0.2, 0.25) is 0 Å². The molecule has 0 aliphatic carbocycles. The number of aliphatic hydroxyl groups excluding tert-OH is 3. The van der Waals surface area contributed by atoms with E-state index in [2.05, 4.69) is 31.3 Å². The lowest BCUT2D eigenvalue weighted by Gasteiger charge is -2.27. The van der Waals surface area contributed by atoms with Crippen LogP contribution in [0.25, 0.3) is 0 Å². The van der Waals surface area contributed by atoms with E-state index >= 15 is 0 Å². The van der Waals surface area contributed by atoms with Gasteiger partial charge >= 0.3 is 0 Å². The molecule has 0 radical (unpaired) electrons. The second-order valence-electron chi connectivity index (χ2n) is 13.5. The molecule has 5 heteroatoms. The Balaban J connectivity index is 3.75. The lowest BCUT2D eigenvalue weighted by atomic mass is 9.97. The number of unbranched alkanes of at least 4 members (excludes halogenated alkanes) is 23. The van der Waals surface area contributed by atoms with Crippen molar-refractivity contribution in [3.05, 3.63) is 12.2 Å². The number of rotatable bonds is 36. The molecule has 0 rings (SSSR count). The van der Waals surface area contributed by atoms with Crippen LogP contribution >= 0.6 is 0 Å². The van der Waals surface area contributed by atoms with Crippen molar-refractivity contribution in [1.29, 1.82) is 0 Å². The number of carbonyl (C=O) groups is 1. The van der Waals surface area contributed by atoms with Crippen LogP contribution in [-0.4, -0.2) is 52.5 Å². The summed E-state index contributed by atoms with van der Waals surface area (Å²) in [7, 11) is 0. The molecule has 262 valence electrons. The molecule has 4 N–H and O–H groups in total. The zero-order chi connectivity index (χ0) is 32.4. The van der Waals surface area contributed by atoms with Crippen molar-refractivity contribution < 1.29 is 20.1 Å². The normalized spacial score (nSPS) is 13.9. The van der Waals surface area contributed by atoms with Gasteiger partial charge in [-0.2, -0.15) is 0 Å². The molecule has 0 heterocycles. The van der Waals surface area contributed by atoms with Gasteiger partial charge in [-0.05, 0) is 44.9 Å². The highest BCUT2D eigenvalue weighted by atomic mass is 16.3. The van der Waals surface area contributed by atoms with Crippen molar-refractivity contribution in [2.75, 3.05) is 13.2 Å². The van der Waals surface area contributed by atoms with Crippen molar-refractivity contribution in [3.8, 4) is 0 Å². The first-order chi connectivity index (χ1) is 21.6. The molecular formula is C39H77NO4. The molecule has 0 aliphatic rings. The minimum absolute atomic E-state index is 0.0794. The lowest BCUT2D eigenvalue weighted by molar-refractivity contribution is -0.118. The molecule has 3 unspecified atom stereocenters. The summed E-state index contributed by atoms with van der Waals surface area (Å²) in [5, 5.41) is 33.8. The minimum atomic E-state index is -0.964. The topological polar surface area (TPSA) is 89.8 Å². The quantitative estimate of drug-likeness (QED) is 0.0412. The third-order valence-corrected chi connectivity index (χ3v) is 9.13. The molecule has 0 amide bonds. The average molecular weight is 624 g/mol. The van der Waals surface area contributed by atoms with Gasteiger partial charge in [-0.15, -0.1) is 0 Å². The largest absolute Gasteiger partial charge is 0.396 e. The Morgan fingerprint density at radius 2 is 0.977 bits per heavy atom. The van der Waals surface area contributed by atoms with Gasteiger partial charge in [0, 0.05) is 19.1 Å². The summed E-state index contributed by atoms with van der Waals surface area (Å²) in [5.74, 6) is 0.147. The summed E-state index contributed by atoms with van der Waals surface area (Å²) in [6.07, 6.45) is 37.1. The molecule has 0 aromatic heterocycles. The summed E-state index contributed by atoms with van der Waals surface area (Å²) in [6.45, 7) is 4.63. The predicted molar refractivity (Wildman–Crippen MR) is 190 cm³/mol. The molecule has 0 bridgehead atoms. The van der Waals surface area contributed by atoms with E-state index in [0.717, 1.165) is 25.7 Å². The van der Waals surface area contributed by atoms with E-state index in [1.807, 2.05) is 0 Å². The first-order valence-corrected chi connectivity index (χ1v) is 19.4. The fourth-order valence-electron chi connectivity index (χ4n) is 6.07. The van der Waals surface area contributed by atoms with Gasteiger partial charge in [0.1, 0.15) is 5.78 Å². The smallest absolute Gasteiger partial charge is 0.146 e. The van der Waals surface area contributed by atoms with Gasteiger partial charge < -0.3 is 20.6 Å². The zero-order valence-electron chi connectivity index (χ0n) is 29.6. The van der Waals surface area contributed by atoms with Gasteiger partial charge in [-0.1, -0.05) is 161 Å². The van der Waals surface area contributed by atoms with E-state index in [4.69, 9.17) is 0 Å². The van der Waals surface area contributed by atoms with Crippen LogP contribution in [0.5, 0.6) is 0 Å². The predicted octanol–water partition coefficient (Wildman–Crippen LogP) is 10.1. The molecular weight excluding hydrogens is 546 g/mol. The van der Waals surface area contributed by atoms with Gasteiger partial charge in [0.15, 0.2) is 0 Å². The van der Waals surface area contributed by atoms with E-state index in [-0.39, 0.29) is 18.9 Å². The van der Waals surface area contributed by atoms with Crippen LogP contribution in [0.15, 0.2) is 12.2 Å². The number of nitrogens with one attached hydrogen (secondary N) is 1. The van der Waals surface area contributed by atoms with E-state index < -0.39 is 18.2 Å². The maximum atomic E-state index is 12.4.